The van der Waals surface area contributed by atoms with Crippen molar-refractivity contribution in [1.29, 1.82) is 0 Å². The minimum atomic E-state index is -0.597. The van der Waals surface area contributed by atoms with E-state index in [4.69, 9.17) is 11.6 Å². The number of hydrogen-bond donors (Lipinski definition) is 1. The van der Waals surface area contributed by atoms with Gasteiger partial charge < -0.3 is 10.2 Å². The third kappa shape index (κ3) is 4.56. The Morgan fingerprint density at radius 2 is 1.88 bits per heavy atom. The van der Waals surface area contributed by atoms with Crippen LogP contribution in [0.1, 0.15) is 23.2 Å². The van der Waals surface area contributed by atoms with E-state index in [-0.39, 0.29) is 22.4 Å². The Balaban J connectivity index is 1.69. The maximum absolute atomic E-state index is 13.9. The smallest absolute Gasteiger partial charge is 0.256 e. The molecule has 0 saturated carbocycles. The number of nitrogens with one attached hydrogen (secondary N) is 1. The molecule has 26 heavy (non-hydrogen) atoms. The lowest BCUT2D eigenvalue weighted by Crippen LogP contribution is -2.29. The van der Waals surface area contributed by atoms with Crippen LogP contribution in [0, 0.1) is 5.82 Å². The SMILES string of the molecule is O=C(Nc1ccc(Cl)cc1F)c1ccccc1SCC(=O)N1CCCC1. The van der Waals surface area contributed by atoms with Crippen molar-refractivity contribution in [3.63, 3.8) is 0 Å². The highest BCUT2D eigenvalue weighted by atomic mass is 35.5. The number of hydrogen-bond acceptors (Lipinski definition) is 3. The number of anilines is 1. The highest BCUT2D eigenvalue weighted by Crippen LogP contribution is 2.26. The van der Waals surface area contributed by atoms with Gasteiger partial charge in [0.15, 0.2) is 0 Å². The number of carbonyl (C=O) groups is 2. The van der Waals surface area contributed by atoms with Crippen molar-refractivity contribution < 1.29 is 14.0 Å². The van der Waals surface area contributed by atoms with Crippen LogP contribution in [0.25, 0.3) is 0 Å². The van der Waals surface area contributed by atoms with Gasteiger partial charge in [0.05, 0.1) is 17.0 Å². The summed E-state index contributed by atoms with van der Waals surface area (Å²) in [6.45, 7) is 1.61. The van der Waals surface area contributed by atoms with E-state index in [0.29, 0.717) is 10.5 Å². The van der Waals surface area contributed by atoms with Crippen LogP contribution in [0.15, 0.2) is 47.4 Å². The summed E-state index contributed by atoms with van der Waals surface area (Å²) < 4.78 is 13.9. The fourth-order valence-corrected chi connectivity index (χ4v) is 3.87. The van der Waals surface area contributed by atoms with Crippen molar-refractivity contribution in [1.82, 2.24) is 4.90 Å². The maximum atomic E-state index is 13.9. The molecular formula is C19H18ClFN2O2S. The lowest BCUT2D eigenvalue weighted by molar-refractivity contribution is -0.127. The van der Waals surface area contributed by atoms with Gasteiger partial charge in [0.1, 0.15) is 5.82 Å². The Morgan fingerprint density at radius 1 is 1.15 bits per heavy atom. The van der Waals surface area contributed by atoms with Crippen molar-refractivity contribution >= 4 is 40.9 Å². The molecular weight excluding hydrogens is 375 g/mol. The Labute approximate surface area is 160 Å². The van der Waals surface area contributed by atoms with Crippen LogP contribution in [-0.4, -0.2) is 35.6 Å². The van der Waals surface area contributed by atoms with Crippen LogP contribution in [-0.2, 0) is 4.79 Å². The van der Waals surface area contributed by atoms with Crippen LogP contribution in [0.5, 0.6) is 0 Å². The number of carbonyl (C=O) groups excluding carboxylic acids is 2. The number of nitrogens with zero attached hydrogens (tertiary/aromatic N) is 1. The fraction of sp³-hybridized carbons (Fsp3) is 0.263. The molecule has 0 aromatic heterocycles. The van der Waals surface area contributed by atoms with Crippen molar-refractivity contribution in [3.05, 3.63) is 58.9 Å². The second-order valence-electron chi connectivity index (χ2n) is 5.95. The topological polar surface area (TPSA) is 49.4 Å². The molecule has 1 aliphatic heterocycles. The van der Waals surface area contributed by atoms with Gasteiger partial charge in [-0.05, 0) is 43.2 Å². The molecule has 1 fully saturated rings. The normalized spacial score (nSPS) is 13.7. The summed E-state index contributed by atoms with van der Waals surface area (Å²) in [7, 11) is 0. The third-order valence-electron chi connectivity index (χ3n) is 4.12. The van der Waals surface area contributed by atoms with Gasteiger partial charge in [-0.2, -0.15) is 0 Å². The van der Waals surface area contributed by atoms with Crippen LogP contribution in [0.2, 0.25) is 5.02 Å². The summed E-state index contributed by atoms with van der Waals surface area (Å²) >= 11 is 7.05. The molecule has 136 valence electrons. The number of halogens is 2. The molecule has 0 radical (unpaired) electrons. The molecule has 1 N–H and O–H groups in total. The first-order valence-electron chi connectivity index (χ1n) is 8.30. The summed E-state index contributed by atoms with van der Waals surface area (Å²) in [5, 5.41) is 2.82. The fourth-order valence-electron chi connectivity index (χ4n) is 2.76. The zero-order valence-electron chi connectivity index (χ0n) is 14.0. The molecule has 1 heterocycles. The second kappa shape index (κ2) is 8.56. The minimum Gasteiger partial charge on any atom is -0.342 e. The maximum Gasteiger partial charge on any atom is 0.256 e. The molecule has 1 saturated heterocycles. The molecule has 0 spiro atoms. The Hall–Kier alpha value is -2.05. The van der Waals surface area contributed by atoms with Crippen LogP contribution in [0.3, 0.4) is 0 Å². The highest BCUT2D eigenvalue weighted by molar-refractivity contribution is 8.00. The first kappa shape index (κ1) is 18.7. The van der Waals surface area contributed by atoms with Gasteiger partial charge in [0, 0.05) is 23.0 Å². The summed E-state index contributed by atoms with van der Waals surface area (Å²) in [6, 6.07) is 11.1. The summed E-state index contributed by atoms with van der Waals surface area (Å²) in [5.74, 6) is -0.672. The summed E-state index contributed by atoms with van der Waals surface area (Å²) in [4.78, 5) is 27.3. The predicted octanol–water partition coefficient (Wildman–Crippen LogP) is 4.45. The zero-order chi connectivity index (χ0) is 18.5. The van der Waals surface area contributed by atoms with E-state index in [1.807, 2.05) is 11.0 Å². The number of thioether (sulfide) groups is 1. The molecule has 3 rings (SSSR count). The van der Waals surface area contributed by atoms with E-state index in [2.05, 4.69) is 5.32 Å². The van der Waals surface area contributed by atoms with Crippen LogP contribution in [0.4, 0.5) is 10.1 Å². The summed E-state index contributed by atoms with van der Waals surface area (Å²) in [5.41, 5.74) is 0.466. The monoisotopic (exact) mass is 392 g/mol. The van der Waals surface area contributed by atoms with Crippen molar-refractivity contribution in [3.8, 4) is 0 Å². The Bertz CT molecular complexity index is 825. The Morgan fingerprint density at radius 3 is 2.62 bits per heavy atom. The quantitative estimate of drug-likeness (QED) is 0.765. The van der Waals surface area contributed by atoms with Gasteiger partial charge >= 0.3 is 0 Å². The van der Waals surface area contributed by atoms with Gasteiger partial charge in [-0.15, -0.1) is 11.8 Å². The number of rotatable bonds is 5. The van der Waals surface area contributed by atoms with E-state index in [0.717, 1.165) is 32.0 Å². The van der Waals surface area contributed by atoms with Gasteiger partial charge in [-0.3, -0.25) is 9.59 Å². The van der Waals surface area contributed by atoms with Gasteiger partial charge in [0.25, 0.3) is 5.91 Å². The molecule has 2 amide bonds. The molecule has 7 heteroatoms. The molecule has 1 aliphatic rings. The second-order valence-corrected chi connectivity index (χ2v) is 7.40. The van der Waals surface area contributed by atoms with E-state index in [9.17, 15) is 14.0 Å². The Kier molecular flexibility index (Phi) is 6.16. The van der Waals surface area contributed by atoms with Gasteiger partial charge in [-0.25, -0.2) is 4.39 Å². The lowest BCUT2D eigenvalue weighted by atomic mass is 10.2. The number of likely N-dealkylation sites (tertiary alicyclic amines) is 1. The number of benzene rings is 2. The molecule has 0 atom stereocenters. The first-order valence-corrected chi connectivity index (χ1v) is 9.67. The third-order valence-corrected chi connectivity index (χ3v) is 5.41. The molecule has 2 aromatic rings. The van der Waals surface area contributed by atoms with E-state index in [1.54, 1.807) is 18.2 Å². The van der Waals surface area contributed by atoms with E-state index < -0.39 is 11.7 Å². The minimum absolute atomic E-state index is 0.0624. The average molecular weight is 393 g/mol. The van der Waals surface area contributed by atoms with E-state index >= 15 is 0 Å². The lowest BCUT2D eigenvalue weighted by Gasteiger charge is -2.15. The van der Waals surface area contributed by atoms with Gasteiger partial charge in [0.2, 0.25) is 5.91 Å². The molecule has 0 bridgehead atoms. The average Bonchev–Trinajstić information content (AvgIpc) is 3.17. The first-order chi connectivity index (χ1) is 12.5. The molecule has 0 unspecified atom stereocenters. The van der Waals surface area contributed by atoms with E-state index in [1.165, 1.54) is 23.9 Å². The standard InChI is InChI=1S/C19H18ClFN2O2S/c20-13-7-8-16(15(21)11-13)22-19(25)14-5-1-2-6-17(14)26-12-18(24)23-9-3-4-10-23/h1-2,5-8,11H,3-4,9-10,12H2,(H,22,25). The van der Waals surface area contributed by atoms with Gasteiger partial charge in [-0.1, -0.05) is 23.7 Å². The summed E-state index contributed by atoms with van der Waals surface area (Å²) in [6.07, 6.45) is 2.09. The van der Waals surface area contributed by atoms with Crippen molar-refractivity contribution in [2.24, 2.45) is 0 Å². The predicted molar refractivity (Wildman–Crippen MR) is 102 cm³/mol. The highest BCUT2D eigenvalue weighted by Gasteiger charge is 2.19. The van der Waals surface area contributed by atoms with Crippen LogP contribution >= 0.6 is 23.4 Å². The zero-order valence-corrected chi connectivity index (χ0v) is 15.6. The van der Waals surface area contributed by atoms with Crippen molar-refractivity contribution in [2.45, 2.75) is 17.7 Å². The number of amides is 2. The largest absolute Gasteiger partial charge is 0.342 e. The molecule has 2 aromatic carbocycles. The van der Waals surface area contributed by atoms with Crippen LogP contribution < -0.4 is 5.32 Å². The molecule has 0 aliphatic carbocycles. The van der Waals surface area contributed by atoms with Crippen molar-refractivity contribution in [2.75, 3.05) is 24.2 Å². The molecule has 4 nitrogen and oxygen atoms in total.